The molecular weight excluding hydrogens is 449 g/mol. The first-order valence-corrected chi connectivity index (χ1v) is 11.1. The summed E-state index contributed by atoms with van der Waals surface area (Å²) < 4.78 is 68.3. The molecule has 2 amide bonds. The van der Waals surface area contributed by atoms with Crippen LogP contribution in [0.15, 0.2) is 47.4 Å². The Morgan fingerprint density at radius 3 is 2.03 bits per heavy atom. The molecule has 2 rings (SSSR count). The third-order valence-corrected chi connectivity index (χ3v) is 5.84. The molecule has 7 nitrogen and oxygen atoms in total. The minimum absolute atomic E-state index is 0.0145. The lowest BCUT2D eigenvalue weighted by molar-refractivity contribution is -0.137. The smallest absolute Gasteiger partial charge is 0.416 e. The maximum Gasteiger partial charge on any atom is 0.416 e. The van der Waals surface area contributed by atoms with Crippen LogP contribution in [0.1, 0.15) is 43.6 Å². The van der Waals surface area contributed by atoms with Gasteiger partial charge in [0.05, 0.1) is 27.6 Å². The van der Waals surface area contributed by atoms with E-state index in [9.17, 15) is 31.2 Å². The van der Waals surface area contributed by atoms with Crippen molar-refractivity contribution in [2.45, 2.75) is 44.4 Å². The Morgan fingerprint density at radius 1 is 0.938 bits per heavy atom. The average molecular weight is 472 g/mol. The van der Waals surface area contributed by atoms with Crippen molar-refractivity contribution in [2.24, 2.45) is 0 Å². The Labute approximate surface area is 183 Å². The normalized spacial score (nSPS) is 12.2. The van der Waals surface area contributed by atoms with Crippen LogP contribution in [-0.4, -0.2) is 31.8 Å². The molecule has 0 fully saturated rings. The first-order chi connectivity index (χ1) is 14.6. The maximum absolute atomic E-state index is 13.2. The SMILES string of the molecule is CCS(=O)(=O)c1ccc(C(=O)Nc2cc(C(F)(F)F)ccc2NC(=O)OC(C)(C)C)cc1. The summed E-state index contributed by atoms with van der Waals surface area (Å²) in [4.78, 5) is 24.7. The molecule has 0 aliphatic heterocycles. The number of hydrogen-bond acceptors (Lipinski definition) is 5. The summed E-state index contributed by atoms with van der Waals surface area (Å²) in [5.41, 5.74) is -2.28. The molecule has 0 heterocycles. The second-order valence-corrected chi connectivity index (χ2v) is 10.0. The molecule has 0 atom stereocenters. The van der Waals surface area contributed by atoms with E-state index in [-0.39, 0.29) is 27.6 Å². The fourth-order valence-corrected chi connectivity index (χ4v) is 3.41. The zero-order valence-electron chi connectivity index (χ0n) is 17.8. The summed E-state index contributed by atoms with van der Waals surface area (Å²) in [5, 5.41) is 4.64. The Hall–Kier alpha value is -3.08. The first-order valence-electron chi connectivity index (χ1n) is 9.48. The van der Waals surface area contributed by atoms with Gasteiger partial charge in [0, 0.05) is 5.56 Å². The first kappa shape index (κ1) is 25.2. The minimum atomic E-state index is -4.68. The lowest BCUT2D eigenvalue weighted by Gasteiger charge is -2.21. The molecule has 0 aliphatic rings. The molecule has 0 spiro atoms. The lowest BCUT2D eigenvalue weighted by Crippen LogP contribution is -2.27. The summed E-state index contributed by atoms with van der Waals surface area (Å²) in [6.07, 6.45) is -5.60. The highest BCUT2D eigenvalue weighted by atomic mass is 32.2. The number of halogens is 3. The quantitative estimate of drug-likeness (QED) is 0.631. The molecule has 32 heavy (non-hydrogen) atoms. The van der Waals surface area contributed by atoms with Crippen LogP contribution in [0.2, 0.25) is 0 Å². The van der Waals surface area contributed by atoms with Gasteiger partial charge in [-0.3, -0.25) is 10.1 Å². The number of carbonyl (C=O) groups is 2. The summed E-state index contributed by atoms with van der Waals surface area (Å²) in [7, 11) is -3.47. The van der Waals surface area contributed by atoms with Crippen LogP contribution < -0.4 is 10.6 Å². The van der Waals surface area contributed by atoms with Gasteiger partial charge in [0.25, 0.3) is 5.91 Å². The van der Waals surface area contributed by atoms with E-state index in [0.29, 0.717) is 6.07 Å². The van der Waals surface area contributed by atoms with E-state index in [0.717, 1.165) is 12.1 Å². The highest BCUT2D eigenvalue weighted by Crippen LogP contribution is 2.34. The molecular formula is C21H23F3N2O5S. The van der Waals surface area contributed by atoms with Crippen molar-refractivity contribution in [1.82, 2.24) is 0 Å². The van der Waals surface area contributed by atoms with E-state index in [1.807, 2.05) is 0 Å². The highest BCUT2D eigenvalue weighted by molar-refractivity contribution is 7.91. The van der Waals surface area contributed by atoms with E-state index in [4.69, 9.17) is 4.74 Å². The molecule has 0 unspecified atom stereocenters. The number of carbonyl (C=O) groups excluding carboxylic acids is 2. The third-order valence-electron chi connectivity index (χ3n) is 4.09. The Morgan fingerprint density at radius 2 is 1.53 bits per heavy atom. The van der Waals surface area contributed by atoms with Gasteiger partial charge in [-0.15, -0.1) is 0 Å². The van der Waals surface area contributed by atoms with Crippen LogP contribution in [0.4, 0.5) is 29.3 Å². The third kappa shape index (κ3) is 6.71. The van der Waals surface area contributed by atoms with Crippen molar-refractivity contribution < 1.29 is 35.9 Å². The van der Waals surface area contributed by atoms with E-state index in [2.05, 4.69) is 10.6 Å². The zero-order chi connectivity index (χ0) is 24.3. The number of sulfone groups is 1. The van der Waals surface area contributed by atoms with Crippen molar-refractivity contribution in [3.63, 3.8) is 0 Å². The molecule has 174 valence electrons. The van der Waals surface area contributed by atoms with Crippen molar-refractivity contribution in [3.05, 3.63) is 53.6 Å². The molecule has 0 aliphatic carbocycles. The van der Waals surface area contributed by atoms with Crippen molar-refractivity contribution >= 4 is 33.2 Å². The maximum atomic E-state index is 13.2. The second kappa shape index (κ2) is 9.19. The monoisotopic (exact) mass is 472 g/mol. The van der Waals surface area contributed by atoms with Gasteiger partial charge in [0.15, 0.2) is 9.84 Å². The van der Waals surface area contributed by atoms with Crippen molar-refractivity contribution in [2.75, 3.05) is 16.4 Å². The summed E-state index contributed by atoms with van der Waals surface area (Å²) in [5.74, 6) is -0.917. The van der Waals surface area contributed by atoms with E-state index < -0.39 is 39.2 Å². The standard InChI is InChI=1S/C21H23F3N2O5S/c1-5-32(29,30)15-9-6-13(7-10-15)18(27)25-17-12-14(21(22,23)24)8-11-16(17)26-19(28)31-20(2,3)4/h6-12H,5H2,1-4H3,(H,25,27)(H,26,28). The summed E-state index contributed by atoms with van der Waals surface area (Å²) in [6.45, 7) is 6.32. The average Bonchev–Trinajstić information content (AvgIpc) is 2.67. The van der Waals surface area contributed by atoms with Crippen LogP contribution in [0.3, 0.4) is 0 Å². The fourth-order valence-electron chi connectivity index (χ4n) is 2.52. The number of nitrogens with one attached hydrogen (secondary N) is 2. The molecule has 0 bridgehead atoms. The zero-order valence-corrected chi connectivity index (χ0v) is 18.6. The molecule has 0 saturated carbocycles. The van der Waals surface area contributed by atoms with Gasteiger partial charge in [-0.1, -0.05) is 6.92 Å². The summed E-state index contributed by atoms with van der Waals surface area (Å²) >= 11 is 0. The predicted octanol–water partition coefficient (Wildman–Crippen LogP) is 5.10. The Balaban J connectivity index is 2.34. The molecule has 2 N–H and O–H groups in total. The van der Waals surface area contributed by atoms with Crippen LogP contribution in [0, 0.1) is 0 Å². The Bertz CT molecular complexity index is 1110. The number of hydrogen-bond donors (Lipinski definition) is 2. The second-order valence-electron chi connectivity index (χ2n) is 7.77. The number of amides is 2. The topological polar surface area (TPSA) is 102 Å². The lowest BCUT2D eigenvalue weighted by atomic mass is 10.1. The number of benzene rings is 2. The van der Waals surface area contributed by atoms with Gasteiger partial charge >= 0.3 is 12.3 Å². The largest absolute Gasteiger partial charge is 0.444 e. The predicted molar refractivity (Wildman–Crippen MR) is 113 cm³/mol. The molecule has 2 aromatic carbocycles. The van der Waals surface area contributed by atoms with Crippen molar-refractivity contribution in [3.8, 4) is 0 Å². The van der Waals surface area contributed by atoms with Crippen molar-refractivity contribution in [1.29, 1.82) is 0 Å². The molecule has 0 saturated heterocycles. The van der Waals surface area contributed by atoms with Crippen LogP contribution in [-0.2, 0) is 20.8 Å². The van der Waals surface area contributed by atoms with Gasteiger partial charge < -0.3 is 10.1 Å². The van der Waals surface area contributed by atoms with E-state index in [1.54, 1.807) is 20.8 Å². The fraction of sp³-hybridized carbons (Fsp3) is 0.333. The minimum Gasteiger partial charge on any atom is -0.444 e. The summed E-state index contributed by atoms with van der Waals surface area (Å²) in [6, 6.07) is 7.39. The van der Waals surface area contributed by atoms with E-state index in [1.165, 1.54) is 31.2 Å². The van der Waals surface area contributed by atoms with Gasteiger partial charge in [0.2, 0.25) is 0 Å². The Kier molecular flexibility index (Phi) is 7.23. The molecule has 0 radical (unpaired) electrons. The number of ether oxygens (including phenoxy) is 1. The molecule has 0 aromatic heterocycles. The van der Waals surface area contributed by atoms with Gasteiger partial charge in [0.1, 0.15) is 5.60 Å². The number of anilines is 2. The van der Waals surface area contributed by atoms with Crippen LogP contribution in [0.25, 0.3) is 0 Å². The highest BCUT2D eigenvalue weighted by Gasteiger charge is 2.31. The van der Waals surface area contributed by atoms with Crippen LogP contribution >= 0.6 is 0 Å². The van der Waals surface area contributed by atoms with Crippen LogP contribution in [0.5, 0.6) is 0 Å². The van der Waals surface area contributed by atoms with Gasteiger partial charge in [-0.2, -0.15) is 13.2 Å². The van der Waals surface area contributed by atoms with Gasteiger partial charge in [-0.05, 0) is 63.2 Å². The molecule has 11 heteroatoms. The van der Waals surface area contributed by atoms with Gasteiger partial charge in [-0.25, -0.2) is 13.2 Å². The van der Waals surface area contributed by atoms with E-state index >= 15 is 0 Å². The number of rotatable bonds is 5. The molecule has 2 aromatic rings. The number of alkyl halides is 3.